The minimum absolute atomic E-state index is 0.0367. The number of nitrogens with one attached hydrogen (secondary N) is 1. The van der Waals surface area contributed by atoms with Gasteiger partial charge in [0.1, 0.15) is 0 Å². The molecule has 0 heterocycles. The zero-order valence-corrected chi connectivity index (χ0v) is 11.5. The van der Waals surface area contributed by atoms with Crippen molar-refractivity contribution in [3.8, 4) is 0 Å². The Kier molecular flexibility index (Phi) is 5.59. The Hall–Kier alpha value is -1.10. The quantitative estimate of drug-likeness (QED) is 0.776. The molecule has 1 aliphatic carbocycles. The lowest BCUT2D eigenvalue weighted by Crippen LogP contribution is -2.56. The summed E-state index contributed by atoms with van der Waals surface area (Å²) in [4.78, 5) is 24.3. The molecule has 1 fully saturated rings. The van der Waals surface area contributed by atoms with Crippen LogP contribution in [0.5, 0.6) is 0 Å². The average Bonchev–Trinajstić information content (AvgIpc) is 2.26. The second kappa shape index (κ2) is 6.73. The predicted octanol–water partition coefficient (Wildman–Crippen LogP) is 1.23. The summed E-state index contributed by atoms with van der Waals surface area (Å²) in [5, 5.41) is 11.8. The smallest absolute Gasteiger partial charge is 0.317 e. The lowest BCUT2D eigenvalue weighted by atomic mass is 9.88. The third-order valence-corrected chi connectivity index (χ3v) is 3.52. The molecular formula is C13H24N2O3. The summed E-state index contributed by atoms with van der Waals surface area (Å²) >= 11 is 0. The molecule has 0 aromatic carbocycles. The van der Waals surface area contributed by atoms with E-state index >= 15 is 0 Å². The molecule has 0 saturated heterocycles. The molecule has 0 radical (unpaired) electrons. The fourth-order valence-electron chi connectivity index (χ4n) is 2.88. The Bertz CT molecular complexity index is 305. The number of carboxylic acids is 1. The molecule has 0 aliphatic heterocycles. The second-order valence-corrected chi connectivity index (χ2v) is 5.25. The molecule has 1 saturated carbocycles. The van der Waals surface area contributed by atoms with E-state index < -0.39 is 5.97 Å². The second-order valence-electron chi connectivity index (χ2n) is 5.25. The van der Waals surface area contributed by atoms with E-state index in [-0.39, 0.29) is 30.6 Å². The normalized spacial score (nSPS) is 24.0. The molecule has 1 aliphatic rings. The van der Waals surface area contributed by atoms with E-state index in [1.54, 1.807) is 6.92 Å². The maximum absolute atomic E-state index is 11.8. The molecule has 2 N–H and O–H groups in total. The average molecular weight is 256 g/mol. The van der Waals surface area contributed by atoms with E-state index in [9.17, 15) is 9.59 Å². The number of hydrogen-bond donors (Lipinski definition) is 2. The highest BCUT2D eigenvalue weighted by atomic mass is 16.4. The zero-order chi connectivity index (χ0) is 13.7. The molecule has 1 amide bonds. The van der Waals surface area contributed by atoms with Crippen molar-refractivity contribution >= 4 is 11.9 Å². The van der Waals surface area contributed by atoms with Gasteiger partial charge >= 0.3 is 5.97 Å². The van der Waals surface area contributed by atoms with Crippen LogP contribution in [0.3, 0.4) is 0 Å². The molecular weight excluding hydrogens is 232 g/mol. The van der Waals surface area contributed by atoms with Crippen molar-refractivity contribution in [2.24, 2.45) is 0 Å². The Morgan fingerprint density at radius 1 is 1.33 bits per heavy atom. The van der Waals surface area contributed by atoms with Crippen LogP contribution in [0, 0.1) is 0 Å². The van der Waals surface area contributed by atoms with Gasteiger partial charge in [-0.25, -0.2) is 0 Å². The summed E-state index contributed by atoms with van der Waals surface area (Å²) in [6.07, 6.45) is 4.09. The van der Waals surface area contributed by atoms with Crippen LogP contribution in [0.2, 0.25) is 0 Å². The molecule has 5 nitrogen and oxygen atoms in total. The number of hydrogen-bond acceptors (Lipinski definition) is 3. The first kappa shape index (κ1) is 15.0. The van der Waals surface area contributed by atoms with Crippen molar-refractivity contribution < 1.29 is 14.7 Å². The molecule has 5 heteroatoms. The number of nitrogens with zero attached hydrogens (tertiary/aromatic N) is 1. The standard InChI is InChI=1S/C13H24N2O3/c1-9(2)15(10(3)16)12-7-5-4-6-11(12)14-8-13(17)18/h9,11-12,14H,4-8H2,1-3H3,(H,17,18)/t11-,12+/m0/s1. The fourth-order valence-corrected chi connectivity index (χ4v) is 2.88. The van der Waals surface area contributed by atoms with Gasteiger partial charge in [0.05, 0.1) is 6.54 Å². The van der Waals surface area contributed by atoms with Crippen molar-refractivity contribution in [1.29, 1.82) is 0 Å². The summed E-state index contributed by atoms with van der Waals surface area (Å²) in [6.45, 7) is 5.56. The van der Waals surface area contributed by atoms with Crippen LogP contribution >= 0.6 is 0 Å². The van der Waals surface area contributed by atoms with Crippen LogP contribution in [-0.4, -0.2) is 46.6 Å². The number of carboxylic acid groups (broad SMARTS) is 1. The van der Waals surface area contributed by atoms with E-state index in [4.69, 9.17) is 5.11 Å². The maximum Gasteiger partial charge on any atom is 0.317 e. The summed E-state index contributed by atoms with van der Waals surface area (Å²) in [7, 11) is 0. The summed E-state index contributed by atoms with van der Waals surface area (Å²) < 4.78 is 0. The number of rotatable bonds is 5. The van der Waals surface area contributed by atoms with Gasteiger partial charge in [-0.05, 0) is 26.7 Å². The molecule has 1 rings (SSSR count). The molecule has 0 spiro atoms. The topological polar surface area (TPSA) is 69.6 Å². The van der Waals surface area contributed by atoms with E-state index in [0.29, 0.717) is 0 Å². The summed E-state index contributed by atoms with van der Waals surface area (Å²) in [6, 6.07) is 0.372. The van der Waals surface area contributed by atoms with Gasteiger partial charge < -0.3 is 15.3 Å². The fraction of sp³-hybridized carbons (Fsp3) is 0.846. The van der Waals surface area contributed by atoms with Crippen LogP contribution in [0.25, 0.3) is 0 Å². The number of amides is 1. The Morgan fingerprint density at radius 3 is 2.44 bits per heavy atom. The van der Waals surface area contributed by atoms with Crippen molar-refractivity contribution in [2.45, 2.75) is 64.6 Å². The van der Waals surface area contributed by atoms with Crippen LogP contribution in [-0.2, 0) is 9.59 Å². The Morgan fingerprint density at radius 2 is 1.94 bits per heavy atom. The van der Waals surface area contributed by atoms with Gasteiger partial charge in [-0.1, -0.05) is 12.8 Å². The Balaban J connectivity index is 2.73. The maximum atomic E-state index is 11.8. The molecule has 18 heavy (non-hydrogen) atoms. The lowest BCUT2D eigenvalue weighted by Gasteiger charge is -2.42. The van der Waals surface area contributed by atoms with Gasteiger partial charge in [0, 0.05) is 25.0 Å². The number of aliphatic carboxylic acids is 1. The van der Waals surface area contributed by atoms with Gasteiger partial charge in [-0.3, -0.25) is 9.59 Å². The zero-order valence-electron chi connectivity index (χ0n) is 11.5. The first-order chi connectivity index (χ1) is 8.43. The van der Waals surface area contributed by atoms with Crippen LogP contribution in [0.1, 0.15) is 46.5 Å². The van der Waals surface area contributed by atoms with E-state index in [1.807, 2.05) is 18.7 Å². The molecule has 0 aromatic heterocycles. The first-order valence-corrected chi connectivity index (χ1v) is 6.67. The predicted molar refractivity (Wildman–Crippen MR) is 69.3 cm³/mol. The summed E-state index contributed by atoms with van der Waals surface area (Å²) in [5.41, 5.74) is 0. The van der Waals surface area contributed by atoms with Gasteiger partial charge in [-0.2, -0.15) is 0 Å². The van der Waals surface area contributed by atoms with Crippen molar-refractivity contribution in [2.75, 3.05) is 6.54 Å². The summed E-state index contributed by atoms with van der Waals surface area (Å²) in [5.74, 6) is -0.780. The highest BCUT2D eigenvalue weighted by Crippen LogP contribution is 2.25. The third-order valence-electron chi connectivity index (χ3n) is 3.52. The molecule has 104 valence electrons. The first-order valence-electron chi connectivity index (χ1n) is 6.67. The van der Waals surface area contributed by atoms with Crippen LogP contribution < -0.4 is 5.32 Å². The third kappa shape index (κ3) is 3.98. The minimum atomic E-state index is -0.849. The minimum Gasteiger partial charge on any atom is -0.480 e. The van der Waals surface area contributed by atoms with E-state index in [1.165, 1.54) is 0 Å². The molecule has 0 unspecified atom stereocenters. The van der Waals surface area contributed by atoms with Gasteiger partial charge in [-0.15, -0.1) is 0 Å². The number of carbonyl (C=O) groups excluding carboxylic acids is 1. The molecule has 2 atom stereocenters. The van der Waals surface area contributed by atoms with Gasteiger partial charge in [0.15, 0.2) is 0 Å². The molecule has 0 aromatic rings. The van der Waals surface area contributed by atoms with Gasteiger partial charge in [0.2, 0.25) is 5.91 Å². The number of carbonyl (C=O) groups is 2. The van der Waals surface area contributed by atoms with E-state index in [2.05, 4.69) is 5.32 Å². The SMILES string of the molecule is CC(=O)N(C(C)C)[C@@H]1CCCC[C@@H]1NCC(=O)O. The van der Waals surface area contributed by atoms with Crippen molar-refractivity contribution in [3.63, 3.8) is 0 Å². The monoisotopic (exact) mass is 256 g/mol. The van der Waals surface area contributed by atoms with Crippen LogP contribution in [0.15, 0.2) is 0 Å². The molecule has 0 bridgehead atoms. The van der Waals surface area contributed by atoms with Gasteiger partial charge in [0.25, 0.3) is 0 Å². The van der Waals surface area contributed by atoms with E-state index in [0.717, 1.165) is 25.7 Å². The van der Waals surface area contributed by atoms with Crippen LogP contribution in [0.4, 0.5) is 0 Å². The highest BCUT2D eigenvalue weighted by Gasteiger charge is 2.32. The largest absolute Gasteiger partial charge is 0.480 e. The van der Waals surface area contributed by atoms with Crippen molar-refractivity contribution in [3.05, 3.63) is 0 Å². The lowest BCUT2D eigenvalue weighted by molar-refractivity contribution is -0.136. The Labute approximate surface area is 109 Å². The highest BCUT2D eigenvalue weighted by molar-refractivity contribution is 5.74. The van der Waals surface area contributed by atoms with Crippen molar-refractivity contribution in [1.82, 2.24) is 10.2 Å².